The van der Waals surface area contributed by atoms with Gasteiger partial charge in [0.15, 0.2) is 15.2 Å². The predicted octanol–water partition coefficient (Wildman–Crippen LogP) is 4.53. The van der Waals surface area contributed by atoms with Crippen molar-refractivity contribution in [1.82, 2.24) is 19.9 Å². The van der Waals surface area contributed by atoms with Crippen molar-refractivity contribution < 1.29 is 13.9 Å². The molecule has 2 aliphatic rings. The molecule has 34 heavy (non-hydrogen) atoms. The van der Waals surface area contributed by atoms with E-state index in [0.717, 1.165) is 41.2 Å². The van der Waals surface area contributed by atoms with Gasteiger partial charge in [-0.1, -0.05) is 0 Å². The smallest absolute Gasteiger partial charge is 0.357 e. The van der Waals surface area contributed by atoms with E-state index in [9.17, 15) is 9.18 Å². The monoisotopic (exact) mass is 498 g/mol. The van der Waals surface area contributed by atoms with Crippen molar-refractivity contribution in [3.05, 3.63) is 34.7 Å². The second-order valence-electron chi connectivity index (χ2n) is 8.95. The topological polar surface area (TPSA) is 119 Å². The molecule has 8 nitrogen and oxygen atoms in total. The molecule has 0 bridgehead atoms. The third-order valence-corrected chi connectivity index (χ3v) is 8.92. The number of benzene rings is 1. The van der Waals surface area contributed by atoms with Crippen molar-refractivity contribution in [2.24, 2.45) is 17.6 Å². The van der Waals surface area contributed by atoms with E-state index in [4.69, 9.17) is 20.4 Å². The number of esters is 1. The maximum absolute atomic E-state index is 14.5. The Morgan fingerprint density at radius 2 is 2.15 bits per heavy atom. The molecule has 2 saturated carbocycles. The number of aromatic amines is 1. The number of anilines is 1. The number of halogens is 1. The second-order valence-corrected chi connectivity index (χ2v) is 11.0. The van der Waals surface area contributed by atoms with E-state index >= 15 is 0 Å². The predicted molar refractivity (Wildman–Crippen MR) is 130 cm³/mol. The van der Waals surface area contributed by atoms with Crippen LogP contribution in [0, 0.1) is 17.7 Å². The highest BCUT2D eigenvalue weighted by Crippen LogP contribution is 2.53. The van der Waals surface area contributed by atoms with Gasteiger partial charge in [0.05, 0.1) is 24.0 Å². The van der Waals surface area contributed by atoms with Crippen LogP contribution in [0.2, 0.25) is 0 Å². The third-order valence-electron chi connectivity index (χ3n) is 7.12. The average molecular weight is 499 g/mol. The molecule has 2 aliphatic carbocycles. The van der Waals surface area contributed by atoms with Gasteiger partial charge >= 0.3 is 5.97 Å². The highest BCUT2D eigenvalue weighted by Gasteiger charge is 2.47. The number of aromatic nitrogens is 4. The van der Waals surface area contributed by atoms with Gasteiger partial charge in [-0.25, -0.2) is 24.1 Å². The van der Waals surface area contributed by atoms with E-state index in [2.05, 4.69) is 15.3 Å². The summed E-state index contributed by atoms with van der Waals surface area (Å²) in [5, 5.41) is 6.91. The Labute approximate surface area is 202 Å². The number of thiazole rings is 1. The summed E-state index contributed by atoms with van der Waals surface area (Å²) in [6.07, 6.45) is 3.06. The summed E-state index contributed by atoms with van der Waals surface area (Å²) >= 11 is 2.65. The highest BCUT2D eigenvalue weighted by molar-refractivity contribution is 8.00. The second kappa shape index (κ2) is 8.17. The van der Waals surface area contributed by atoms with Gasteiger partial charge in [-0.05, 0) is 55.0 Å². The molecule has 0 saturated heterocycles. The van der Waals surface area contributed by atoms with Crippen LogP contribution >= 0.6 is 23.1 Å². The molecule has 4 atom stereocenters. The number of rotatable bonds is 5. The van der Waals surface area contributed by atoms with E-state index in [-0.39, 0.29) is 23.5 Å². The lowest BCUT2D eigenvalue weighted by atomic mass is 9.72. The summed E-state index contributed by atoms with van der Waals surface area (Å²) in [7, 11) is 3.10. The fourth-order valence-electron chi connectivity index (χ4n) is 5.49. The molecule has 0 spiro atoms. The van der Waals surface area contributed by atoms with E-state index < -0.39 is 5.97 Å². The van der Waals surface area contributed by atoms with Gasteiger partial charge in [0.25, 0.3) is 0 Å². The molecule has 0 aliphatic heterocycles. The molecule has 3 heterocycles. The zero-order chi connectivity index (χ0) is 23.6. The molecule has 11 heteroatoms. The lowest BCUT2D eigenvalue weighted by molar-refractivity contribution is 0.0594. The van der Waals surface area contributed by atoms with Gasteiger partial charge in [-0.2, -0.15) is 0 Å². The fraction of sp³-hybridized carbons (Fsp3) is 0.391. The fourth-order valence-corrected chi connectivity index (χ4v) is 7.15. The number of carbonyl (C=O) groups is 1. The van der Waals surface area contributed by atoms with Crippen LogP contribution in [-0.2, 0) is 4.74 Å². The van der Waals surface area contributed by atoms with Crippen molar-refractivity contribution >= 4 is 56.7 Å². The molecule has 4 N–H and O–H groups in total. The van der Waals surface area contributed by atoms with Crippen LogP contribution in [0.25, 0.3) is 21.9 Å². The Morgan fingerprint density at radius 1 is 1.29 bits per heavy atom. The molecule has 176 valence electrons. The van der Waals surface area contributed by atoms with Crippen molar-refractivity contribution in [1.29, 1.82) is 0 Å². The summed E-state index contributed by atoms with van der Waals surface area (Å²) in [5.74, 6) is 0.583. The minimum absolute atomic E-state index is 0.232. The standard InChI is InChI=1S/C23H23FN6O2S2/c1-26-15-7-11(24)6-13-17-18(10-3-9-5-14(25)12(9)4-10)29-22(30-20(17)28-19(13)15)34-23-27-16(8-33-23)21(31)32-2/h6-10,12,14,26H,3-5,25H2,1-2H3,(H,28,29,30). The first-order chi connectivity index (χ1) is 16.4. The largest absolute Gasteiger partial charge is 0.464 e. The minimum Gasteiger partial charge on any atom is -0.464 e. The van der Waals surface area contributed by atoms with Crippen LogP contribution in [0.5, 0.6) is 0 Å². The van der Waals surface area contributed by atoms with Crippen LogP contribution in [0.3, 0.4) is 0 Å². The Hall–Kier alpha value is -2.76. The number of fused-ring (bicyclic) bond motifs is 4. The molecular formula is C23H23FN6O2S2. The molecule has 3 aromatic heterocycles. The molecule has 0 amide bonds. The van der Waals surface area contributed by atoms with Crippen molar-refractivity contribution in [2.45, 2.75) is 40.7 Å². The Bertz CT molecular complexity index is 1440. The Morgan fingerprint density at radius 3 is 2.88 bits per heavy atom. The first-order valence-corrected chi connectivity index (χ1v) is 12.8. The highest BCUT2D eigenvalue weighted by atomic mass is 32.2. The van der Waals surface area contributed by atoms with Gasteiger partial charge in [-0.15, -0.1) is 11.3 Å². The summed E-state index contributed by atoms with van der Waals surface area (Å²) in [5.41, 5.74) is 9.60. The van der Waals surface area contributed by atoms with Crippen molar-refractivity contribution in [3.63, 3.8) is 0 Å². The van der Waals surface area contributed by atoms with E-state index in [0.29, 0.717) is 32.7 Å². The number of ether oxygens (including phenoxy) is 1. The van der Waals surface area contributed by atoms with Gasteiger partial charge in [0.2, 0.25) is 0 Å². The number of nitrogens with two attached hydrogens (primary N) is 1. The number of methoxy groups -OCH3 is 1. The zero-order valence-electron chi connectivity index (χ0n) is 18.6. The number of H-pyrrole nitrogens is 1. The molecule has 4 unspecified atom stereocenters. The first kappa shape index (κ1) is 21.8. The Kier molecular flexibility index (Phi) is 5.23. The summed E-state index contributed by atoms with van der Waals surface area (Å²) in [4.78, 5) is 29.3. The van der Waals surface area contributed by atoms with Gasteiger partial charge in [-0.3, -0.25) is 0 Å². The molecule has 6 rings (SSSR count). The number of hydrogen-bond acceptors (Lipinski definition) is 9. The number of nitrogens with zero attached hydrogens (tertiary/aromatic N) is 3. The molecule has 2 fully saturated rings. The lowest BCUT2D eigenvalue weighted by Crippen LogP contribution is -2.44. The van der Waals surface area contributed by atoms with Crippen molar-refractivity contribution in [2.75, 3.05) is 19.5 Å². The SMILES string of the molecule is CNc1cc(F)cc2c1[nH]c1nc(Sc3nc(C(=O)OC)cs3)nc(C3CC4CC(N)C4C3)c12. The quantitative estimate of drug-likeness (QED) is 0.271. The van der Waals surface area contributed by atoms with Crippen LogP contribution in [-0.4, -0.2) is 46.1 Å². The average Bonchev–Trinajstić information content (AvgIpc) is 3.52. The third kappa shape index (κ3) is 3.45. The van der Waals surface area contributed by atoms with Crippen LogP contribution in [0.4, 0.5) is 10.1 Å². The number of nitrogens with one attached hydrogen (secondary N) is 2. The van der Waals surface area contributed by atoms with Crippen LogP contribution < -0.4 is 11.1 Å². The summed E-state index contributed by atoms with van der Waals surface area (Å²) in [6.45, 7) is 0. The van der Waals surface area contributed by atoms with E-state index in [1.807, 2.05) is 0 Å². The molecule has 4 aromatic rings. The zero-order valence-corrected chi connectivity index (χ0v) is 20.2. The van der Waals surface area contributed by atoms with Crippen molar-refractivity contribution in [3.8, 4) is 0 Å². The van der Waals surface area contributed by atoms with E-state index in [1.54, 1.807) is 18.5 Å². The lowest BCUT2D eigenvalue weighted by Gasteiger charge is -2.37. The van der Waals surface area contributed by atoms with Crippen LogP contribution in [0.15, 0.2) is 27.0 Å². The summed E-state index contributed by atoms with van der Waals surface area (Å²) in [6, 6.07) is 3.27. The van der Waals surface area contributed by atoms with Gasteiger partial charge < -0.3 is 20.8 Å². The number of carbonyl (C=O) groups excluding carboxylic acids is 1. The summed E-state index contributed by atoms with van der Waals surface area (Å²) < 4.78 is 19.9. The number of hydrogen-bond donors (Lipinski definition) is 3. The van der Waals surface area contributed by atoms with Crippen LogP contribution in [0.1, 0.15) is 41.4 Å². The molecule has 1 aromatic carbocycles. The molecular weight excluding hydrogens is 475 g/mol. The minimum atomic E-state index is -0.477. The van der Waals surface area contributed by atoms with Gasteiger partial charge in [0.1, 0.15) is 11.5 Å². The van der Waals surface area contributed by atoms with Gasteiger partial charge in [0, 0.05) is 35.2 Å². The Balaban J connectivity index is 1.48. The normalized spacial score (nSPS) is 23.8. The van der Waals surface area contributed by atoms with E-state index in [1.165, 1.54) is 36.3 Å². The maximum Gasteiger partial charge on any atom is 0.357 e. The first-order valence-electron chi connectivity index (χ1n) is 11.1. The maximum atomic E-state index is 14.5. The molecule has 0 radical (unpaired) electrons.